The van der Waals surface area contributed by atoms with Gasteiger partial charge in [0.15, 0.2) is 5.96 Å². The molecule has 2 fully saturated rings. The van der Waals surface area contributed by atoms with Gasteiger partial charge in [-0.05, 0) is 65.7 Å². The maximum atomic E-state index is 12.3. The summed E-state index contributed by atoms with van der Waals surface area (Å²) in [5, 5.41) is 9.45. The third-order valence-electron chi connectivity index (χ3n) is 4.99. The van der Waals surface area contributed by atoms with Crippen LogP contribution in [0.2, 0.25) is 0 Å². The summed E-state index contributed by atoms with van der Waals surface area (Å²) in [6.07, 6.45) is 4.90. The van der Waals surface area contributed by atoms with Crippen LogP contribution in [0, 0.1) is 11.8 Å². The van der Waals surface area contributed by atoms with Crippen LogP contribution in [0.4, 0.5) is 4.79 Å². The number of ether oxygens (including phenoxy) is 1. The molecule has 0 aromatic rings. The molecule has 2 rings (SSSR count). The van der Waals surface area contributed by atoms with Gasteiger partial charge in [-0.3, -0.25) is 9.79 Å². The molecule has 0 aromatic carbocycles. The number of amides is 2. The van der Waals surface area contributed by atoms with Crippen LogP contribution in [-0.2, 0) is 9.53 Å². The summed E-state index contributed by atoms with van der Waals surface area (Å²) in [6, 6.07) is 0. The SMILES string of the molecule is CCNC(=NCCC1CCCN(C(=O)OC(C)(C)C)C1)NCCNC(=O)C1CC1. The summed E-state index contributed by atoms with van der Waals surface area (Å²) in [4.78, 5) is 30.4. The van der Waals surface area contributed by atoms with Crippen LogP contribution in [0.5, 0.6) is 0 Å². The van der Waals surface area contributed by atoms with Crippen LogP contribution in [0.1, 0.15) is 59.8 Å². The minimum absolute atomic E-state index is 0.167. The molecule has 1 saturated carbocycles. The lowest BCUT2D eigenvalue weighted by atomic mass is 9.95. The fraction of sp³-hybridized carbons (Fsp3) is 0.857. The maximum Gasteiger partial charge on any atom is 0.410 e. The summed E-state index contributed by atoms with van der Waals surface area (Å²) in [5.74, 6) is 1.63. The molecule has 1 unspecified atom stereocenters. The number of nitrogens with zero attached hydrogens (tertiary/aromatic N) is 2. The van der Waals surface area contributed by atoms with Gasteiger partial charge in [-0.15, -0.1) is 0 Å². The van der Waals surface area contributed by atoms with Gasteiger partial charge in [-0.2, -0.15) is 0 Å². The molecule has 8 nitrogen and oxygen atoms in total. The number of hydrogen-bond donors (Lipinski definition) is 3. The highest BCUT2D eigenvalue weighted by atomic mass is 16.6. The predicted molar refractivity (Wildman–Crippen MR) is 115 cm³/mol. The van der Waals surface area contributed by atoms with E-state index in [1.807, 2.05) is 32.6 Å². The van der Waals surface area contributed by atoms with Gasteiger partial charge in [0.2, 0.25) is 5.91 Å². The van der Waals surface area contributed by atoms with E-state index < -0.39 is 5.60 Å². The number of aliphatic imine (C=N–C) groups is 1. The van der Waals surface area contributed by atoms with E-state index in [0.717, 1.165) is 57.7 Å². The van der Waals surface area contributed by atoms with E-state index >= 15 is 0 Å². The first-order chi connectivity index (χ1) is 13.8. The Morgan fingerprint density at radius 1 is 1.10 bits per heavy atom. The number of carbonyl (C=O) groups is 2. The van der Waals surface area contributed by atoms with Crippen LogP contribution in [0.3, 0.4) is 0 Å². The van der Waals surface area contributed by atoms with Gasteiger partial charge in [0.25, 0.3) is 0 Å². The summed E-state index contributed by atoms with van der Waals surface area (Å²) < 4.78 is 5.50. The quantitative estimate of drug-likeness (QED) is 0.324. The molecular formula is C21H39N5O3. The lowest BCUT2D eigenvalue weighted by Crippen LogP contribution is -2.43. The van der Waals surface area contributed by atoms with Crippen LogP contribution < -0.4 is 16.0 Å². The van der Waals surface area contributed by atoms with Crippen molar-refractivity contribution in [3.05, 3.63) is 0 Å². The number of nitrogens with one attached hydrogen (secondary N) is 3. The van der Waals surface area contributed by atoms with Crippen molar-refractivity contribution in [2.24, 2.45) is 16.8 Å². The molecule has 1 heterocycles. The second-order valence-corrected chi connectivity index (χ2v) is 8.98. The van der Waals surface area contributed by atoms with Crippen molar-refractivity contribution >= 4 is 18.0 Å². The first-order valence-corrected chi connectivity index (χ1v) is 11.1. The van der Waals surface area contributed by atoms with Crippen LogP contribution in [-0.4, -0.2) is 67.7 Å². The molecule has 0 spiro atoms. The minimum atomic E-state index is -0.459. The average molecular weight is 410 g/mol. The highest BCUT2D eigenvalue weighted by Gasteiger charge is 2.29. The first kappa shape index (κ1) is 23.3. The van der Waals surface area contributed by atoms with Crippen molar-refractivity contribution in [3.63, 3.8) is 0 Å². The Morgan fingerprint density at radius 3 is 2.48 bits per heavy atom. The van der Waals surface area contributed by atoms with Gasteiger partial charge in [0, 0.05) is 45.2 Å². The molecule has 166 valence electrons. The summed E-state index contributed by atoms with van der Waals surface area (Å²) in [5.41, 5.74) is -0.459. The average Bonchev–Trinajstić information content (AvgIpc) is 3.49. The molecule has 2 aliphatic rings. The zero-order chi connectivity index (χ0) is 21.3. The Balaban J connectivity index is 1.69. The molecule has 1 atom stereocenters. The summed E-state index contributed by atoms with van der Waals surface area (Å²) in [7, 11) is 0. The van der Waals surface area contributed by atoms with Gasteiger partial charge in [0.1, 0.15) is 5.60 Å². The van der Waals surface area contributed by atoms with E-state index in [2.05, 4.69) is 20.9 Å². The molecule has 29 heavy (non-hydrogen) atoms. The Labute approximate surface area is 175 Å². The first-order valence-electron chi connectivity index (χ1n) is 11.1. The van der Waals surface area contributed by atoms with E-state index in [1.165, 1.54) is 0 Å². The second kappa shape index (κ2) is 11.3. The smallest absolute Gasteiger partial charge is 0.410 e. The van der Waals surface area contributed by atoms with E-state index in [9.17, 15) is 9.59 Å². The molecule has 1 aliphatic heterocycles. The summed E-state index contributed by atoms with van der Waals surface area (Å²) >= 11 is 0. The Hall–Kier alpha value is -1.99. The molecule has 0 bridgehead atoms. The number of piperidine rings is 1. The zero-order valence-corrected chi connectivity index (χ0v) is 18.6. The monoisotopic (exact) mass is 409 g/mol. The van der Waals surface area contributed by atoms with Crippen molar-refractivity contribution < 1.29 is 14.3 Å². The Bertz CT molecular complexity index is 569. The standard InChI is InChI=1S/C21H39N5O3/c1-5-22-19(25-13-12-23-18(27)17-8-9-17)24-11-10-16-7-6-14-26(15-16)20(28)29-21(2,3)4/h16-17H,5-15H2,1-4H3,(H,23,27)(H2,22,24,25). The fourth-order valence-corrected chi connectivity index (χ4v) is 3.35. The molecule has 0 aromatic heterocycles. The van der Waals surface area contributed by atoms with Gasteiger partial charge >= 0.3 is 6.09 Å². The number of carbonyl (C=O) groups excluding carboxylic acids is 2. The number of guanidine groups is 1. The molecule has 3 N–H and O–H groups in total. The topological polar surface area (TPSA) is 95.1 Å². The number of rotatable bonds is 8. The lowest BCUT2D eigenvalue weighted by molar-refractivity contribution is -0.122. The zero-order valence-electron chi connectivity index (χ0n) is 18.6. The van der Waals surface area contributed by atoms with Crippen molar-refractivity contribution in [1.82, 2.24) is 20.9 Å². The minimum Gasteiger partial charge on any atom is -0.444 e. The van der Waals surface area contributed by atoms with E-state index in [0.29, 0.717) is 25.6 Å². The Kier molecular flexibility index (Phi) is 9.04. The Morgan fingerprint density at radius 2 is 1.83 bits per heavy atom. The van der Waals surface area contributed by atoms with Crippen molar-refractivity contribution in [2.45, 2.75) is 65.4 Å². The van der Waals surface area contributed by atoms with Gasteiger partial charge in [-0.1, -0.05) is 0 Å². The number of hydrogen-bond acceptors (Lipinski definition) is 4. The highest BCUT2D eigenvalue weighted by Crippen LogP contribution is 2.28. The lowest BCUT2D eigenvalue weighted by Gasteiger charge is -2.34. The normalized spacial score (nSPS) is 20.2. The van der Waals surface area contributed by atoms with E-state index in [-0.39, 0.29) is 17.9 Å². The third kappa shape index (κ3) is 9.37. The maximum absolute atomic E-state index is 12.3. The fourth-order valence-electron chi connectivity index (χ4n) is 3.35. The van der Waals surface area contributed by atoms with Crippen molar-refractivity contribution in [1.29, 1.82) is 0 Å². The van der Waals surface area contributed by atoms with Crippen molar-refractivity contribution in [2.75, 3.05) is 39.3 Å². The van der Waals surface area contributed by atoms with E-state index in [1.54, 1.807) is 0 Å². The van der Waals surface area contributed by atoms with Crippen LogP contribution >= 0.6 is 0 Å². The predicted octanol–water partition coefficient (Wildman–Crippen LogP) is 2.10. The molecule has 8 heteroatoms. The van der Waals surface area contributed by atoms with Crippen LogP contribution in [0.25, 0.3) is 0 Å². The highest BCUT2D eigenvalue weighted by molar-refractivity contribution is 5.81. The van der Waals surface area contributed by atoms with Crippen molar-refractivity contribution in [3.8, 4) is 0 Å². The molecule has 0 radical (unpaired) electrons. The van der Waals surface area contributed by atoms with Gasteiger partial charge in [-0.25, -0.2) is 4.79 Å². The van der Waals surface area contributed by atoms with Crippen LogP contribution in [0.15, 0.2) is 4.99 Å². The molecule has 1 aliphatic carbocycles. The van der Waals surface area contributed by atoms with Gasteiger partial charge < -0.3 is 25.6 Å². The second-order valence-electron chi connectivity index (χ2n) is 8.98. The largest absolute Gasteiger partial charge is 0.444 e. The number of likely N-dealkylation sites (tertiary alicyclic amines) is 1. The summed E-state index contributed by atoms with van der Waals surface area (Å²) in [6.45, 7) is 12.0. The van der Waals surface area contributed by atoms with E-state index in [4.69, 9.17) is 4.74 Å². The molecular weight excluding hydrogens is 370 g/mol. The van der Waals surface area contributed by atoms with Gasteiger partial charge in [0.05, 0.1) is 0 Å². The molecule has 1 saturated heterocycles. The third-order valence-corrected chi connectivity index (χ3v) is 4.99. The molecule has 2 amide bonds.